The number of ether oxygens (including phenoxy) is 2. The van der Waals surface area contributed by atoms with Gasteiger partial charge in [0.1, 0.15) is 11.4 Å². The summed E-state index contributed by atoms with van der Waals surface area (Å²) in [5, 5.41) is 0.442. The van der Waals surface area contributed by atoms with Crippen LogP contribution in [0.25, 0.3) is 0 Å². The number of aryl methyl sites for hydroxylation is 1. The summed E-state index contributed by atoms with van der Waals surface area (Å²) in [6, 6.07) is 12.6. The van der Waals surface area contributed by atoms with Crippen LogP contribution in [-0.4, -0.2) is 127 Å². The topological polar surface area (TPSA) is 77.6 Å². The van der Waals surface area contributed by atoms with Gasteiger partial charge in [0.2, 0.25) is 0 Å². The Morgan fingerprint density at radius 2 is 1.91 bits per heavy atom. The maximum atomic E-state index is 14.1. The summed E-state index contributed by atoms with van der Waals surface area (Å²) in [5.74, 6) is 5.25. The summed E-state index contributed by atoms with van der Waals surface area (Å²) in [5.41, 5.74) is 3.33. The van der Waals surface area contributed by atoms with E-state index in [-0.39, 0.29) is 22.5 Å². The number of fused-ring (bicyclic) bond motifs is 5. The normalized spacial score (nSPS) is 37.2. The third kappa shape index (κ3) is 7.24. The van der Waals surface area contributed by atoms with E-state index in [4.69, 9.17) is 21.1 Å². The largest absolute Gasteiger partial charge is 0.490 e. The Morgan fingerprint density at radius 1 is 1.07 bits per heavy atom. The molecule has 3 fully saturated rings. The van der Waals surface area contributed by atoms with Crippen molar-refractivity contribution in [1.82, 2.24) is 19.4 Å². The zero-order valence-corrected chi connectivity index (χ0v) is 34.3. The van der Waals surface area contributed by atoms with E-state index >= 15 is 0 Å². The number of halogens is 1. The van der Waals surface area contributed by atoms with Crippen molar-refractivity contribution < 1.29 is 18.5 Å². The highest BCUT2D eigenvalue weighted by Crippen LogP contribution is 2.49. The van der Waals surface area contributed by atoms with Crippen LogP contribution in [-0.2, 0) is 26.3 Å². The molecule has 1 amide bonds. The van der Waals surface area contributed by atoms with Gasteiger partial charge in [0.25, 0.3) is 5.91 Å². The molecule has 2 bridgehead atoms. The molecule has 1 unspecified atom stereocenters. The van der Waals surface area contributed by atoms with Gasteiger partial charge in [0.05, 0.1) is 22.0 Å². The van der Waals surface area contributed by atoms with Gasteiger partial charge in [-0.15, -0.1) is 0 Å². The first-order valence-corrected chi connectivity index (χ1v) is 22.4. The Hall–Kier alpha value is -2.60. The monoisotopic (exact) mass is 777 g/mol. The van der Waals surface area contributed by atoms with Crippen LogP contribution in [0, 0.1) is 17.8 Å². The van der Waals surface area contributed by atoms with Gasteiger partial charge in [-0.3, -0.25) is 19.3 Å². The Morgan fingerprint density at radius 3 is 2.70 bits per heavy atom. The highest BCUT2D eigenvalue weighted by atomic mass is 35.5. The lowest BCUT2D eigenvalue weighted by Crippen LogP contribution is -2.64. The standard InChI is InChI=1S/C43H60ClN5O4S/c1-30-8-6-17-43(52-4,28-47-19-21-48-20-18-46(3)25-36(48)26-47)38-13-10-34(38)24-49-27-42(16-7-9-32-22-35(44)12-14-37(32)42)29-53-40-15-11-33(23-39(40)49)41(50)45-54(5,51)31(30)2/h6,11-12,14-15,17,22-23,30-31,34,36,38H,5,7-10,13,16,18-21,24-29H2,1-4H3,(H,45,50,51)/b17-6+/t30-,31+,34-,36-,38+,42-,43+,54?/m0/s1. The SMILES string of the molecule is C=S1(=O)NC(=O)c2ccc3c(c2)N(C[C@@H]2CC[C@H]2[C@@](CN2CCN4CCN(C)C[C@H]4C2)(OC)/C=C/C[C@H](C)[C@H]1C)C[C@@]1(CCCc2cc(Cl)ccc21)CO3. The minimum atomic E-state index is -2.96. The molecule has 0 radical (unpaired) electrons. The third-order valence-electron chi connectivity index (χ3n) is 14.2. The average Bonchev–Trinajstić information content (AvgIpc) is 3.28. The third-order valence-corrected chi connectivity index (χ3v) is 16.6. The van der Waals surface area contributed by atoms with E-state index in [2.05, 4.69) is 68.4 Å². The summed E-state index contributed by atoms with van der Waals surface area (Å²) in [7, 11) is 1.20. The fourth-order valence-corrected chi connectivity index (χ4v) is 12.2. The first-order chi connectivity index (χ1) is 25.9. The highest BCUT2D eigenvalue weighted by molar-refractivity contribution is 7.99. The minimum Gasteiger partial charge on any atom is -0.490 e. The highest BCUT2D eigenvalue weighted by Gasteiger charge is 2.50. The molecule has 11 heteroatoms. The molecule has 2 saturated heterocycles. The van der Waals surface area contributed by atoms with Crippen molar-refractivity contribution in [2.24, 2.45) is 17.8 Å². The number of amides is 1. The first-order valence-electron chi connectivity index (χ1n) is 20.3. The number of likely N-dealkylation sites (N-methyl/N-ethyl adjacent to an activating group) is 1. The molecule has 4 heterocycles. The zero-order chi connectivity index (χ0) is 37.8. The van der Waals surface area contributed by atoms with Crippen molar-refractivity contribution in [3.05, 3.63) is 70.3 Å². The summed E-state index contributed by atoms with van der Waals surface area (Å²) in [4.78, 5) is 24.2. The molecule has 9 nitrogen and oxygen atoms in total. The molecular formula is C43H60ClN5O4S. The Bertz CT molecular complexity index is 1870. The number of anilines is 1. The Kier molecular flexibility index (Phi) is 10.7. The van der Waals surface area contributed by atoms with Crippen LogP contribution in [0.5, 0.6) is 5.75 Å². The van der Waals surface area contributed by atoms with Crippen molar-refractivity contribution in [1.29, 1.82) is 0 Å². The molecule has 8 rings (SSSR count). The van der Waals surface area contributed by atoms with Crippen LogP contribution in [0.2, 0.25) is 5.02 Å². The second kappa shape index (κ2) is 15.1. The lowest BCUT2D eigenvalue weighted by Gasteiger charge is -2.53. The van der Waals surface area contributed by atoms with Gasteiger partial charge in [-0.05, 0) is 118 Å². The molecule has 294 valence electrons. The number of carbonyl (C=O) groups is 1. The molecular weight excluding hydrogens is 718 g/mol. The van der Waals surface area contributed by atoms with Crippen LogP contribution in [0.4, 0.5) is 5.69 Å². The molecule has 1 spiro atoms. The molecule has 1 saturated carbocycles. The van der Waals surface area contributed by atoms with Gasteiger partial charge in [-0.2, -0.15) is 0 Å². The van der Waals surface area contributed by atoms with Gasteiger partial charge in [0, 0.05) is 93.3 Å². The molecule has 0 aromatic heterocycles. The van der Waals surface area contributed by atoms with Crippen molar-refractivity contribution in [2.75, 3.05) is 84.6 Å². The fourth-order valence-electron chi connectivity index (χ4n) is 10.6. The minimum absolute atomic E-state index is 0.0351. The van der Waals surface area contributed by atoms with E-state index in [9.17, 15) is 9.00 Å². The number of methoxy groups -OCH3 is 1. The molecule has 4 aliphatic heterocycles. The number of carbonyl (C=O) groups excluding carboxylic acids is 1. The van der Waals surface area contributed by atoms with Gasteiger partial charge in [-0.1, -0.05) is 36.7 Å². The summed E-state index contributed by atoms with van der Waals surface area (Å²) in [6.45, 7) is 13.6. The number of rotatable bonds is 3. The fraction of sp³-hybridized carbons (Fsp3) is 0.628. The van der Waals surface area contributed by atoms with Crippen molar-refractivity contribution >= 4 is 38.8 Å². The van der Waals surface area contributed by atoms with E-state index in [1.54, 1.807) is 6.07 Å². The number of piperazine rings is 2. The van der Waals surface area contributed by atoms with Crippen LogP contribution in [0.3, 0.4) is 0 Å². The van der Waals surface area contributed by atoms with Crippen LogP contribution >= 0.6 is 11.6 Å². The van der Waals surface area contributed by atoms with Gasteiger partial charge < -0.3 is 19.3 Å². The quantitative estimate of drug-likeness (QED) is 0.324. The summed E-state index contributed by atoms with van der Waals surface area (Å²) in [6.07, 6.45) is 10.7. The molecule has 1 N–H and O–H groups in total. The van der Waals surface area contributed by atoms with E-state index in [1.807, 2.05) is 32.2 Å². The van der Waals surface area contributed by atoms with Crippen LogP contribution < -0.4 is 14.4 Å². The van der Waals surface area contributed by atoms with E-state index < -0.39 is 15.3 Å². The number of nitrogens with one attached hydrogen (secondary N) is 1. The Balaban J connectivity index is 1.18. The zero-order valence-electron chi connectivity index (χ0n) is 32.7. The lowest BCUT2D eigenvalue weighted by atomic mass is 9.63. The first kappa shape index (κ1) is 38.3. The Labute approximate surface area is 328 Å². The molecule has 2 aliphatic carbocycles. The predicted octanol–water partition coefficient (Wildman–Crippen LogP) is 5.50. The number of hydrogen-bond donors (Lipinski definition) is 1. The number of hydrogen-bond acceptors (Lipinski definition) is 8. The van der Waals surface area contributed by atoms with E-state index in [0.717, 1.165) is 114 Å². The van der Waals surface area contributed by atoms with Crippen molar-refractivity contribution in [3.8, 4) is 5.75 Å². The molecule has 6 aliphatic rings. The van der Waals surface area contributed by atoms with Crippen LogP contribution in [0.15, 0.2) is 48.6 Å². The van der Waals surface area contributed by atoms with Gasteiger partial charge in [-0.25, -0.2) is 4.21 Å². The lowest BCUT2D eigenvalue weighted by molar-refractivity contribution is -0.101. The number of nitrogens with zero attached hydrogens (tertiary/aromatic N) is 4. The average molecular weight is 779 g/mol. The summed E-state index contributed by atoms with van der Waals surface area (Å²) < 4.78 is 30.5. The smallest absolute Gasteiger partial charge is 0.262 e. The summed E-state index contributed by atoms with van der Waals surface area (Å²) >= 11 is 6.54. The van der Waals surface area contributed by atoms with Crippen molar-refractivity contribution in [3.63, 3.8) is 0 Å². The van der Waals surface area contributed by atoms with Gasteiger partial charge >= 0.3 is 0 Å². The number of allylic oxidation sites excluding steroid dienone is 1. The maximum Gasteiger partial charge on any atom is 0.262 e. The van der Waals surface area contributed by atoms with Gasteiger partial charge in [0.15, 0.2) is 0 Å². The number of benzene rings is 2. The molecule has 2 aromatic carbocycles. The van der Waals surface area contributed by atoms with Crippen molar-refractivity contribution in [2.45, 2.75) is 74.7 Å². The molecule has 2 aromatic rings. The molecule has 8 atom stereocenters. The molecule has 54 heavy (non-hydrogen) atoms. The second-order valence-corrected chi connectivity index (χ2v) is 20.4. The van der Waals surface area contributed by atoms with E-state index in [0.29, 0.717) is 30.0 Å². The second-order valence-electron chi connectivity index (χ2n) is 17.6. The van der Waals surface area contributed by atoms with Crippen LogP contribution in [0.1, 0.15) is 67.4 Å². The van der Waals surface area contributed by atoms with E-state index in [1.165, 1.54) is 11.1 Å². The predicted molar refractivity (Wildman–Crippen MR) is 221 cm³/mol. The maximum absolute atomic E-state index is 14.1.